The molecule has 0 saturated carbocycles. The fourth-order valence-corrected chi connectivity index (χ4v) is 5.51. The molecule has 2 N–H and O–H groups in total. The number of benzene rings is 4. The number of nitrogens with zero attached hydrogens (tertiary/aromatic N) is 4. The van der Waals surface area contributed by atoms with Gasteiger partial charge in [0.2, 0.25) is 34.8 Å². The predicted molar refractivity (Wildman–Crippen MR) is 180 cm³/mol. The molecule has 52 heavy (non-hydrogen) atoms. The van der Waals surface area contributed by atoms with Gasteiger partial charge in [-0.25, -0.2) is 22.5 Å². The second-order valence-corrected chi connectivity index (χ2v) is 11.5. The van der Waals surface area contributed by atoms with Gasteiger partial charge in [-0.15, -0.1) is 0 Å². The molecule has 0 fully saturated rings. The zero-order chi connectivity index (χ0) is 37.6. The first kappa shape index (κ1) is 35.1. The SMILES string of the molecule is Cc1c(NC(=O)c2cc(Oc3c(F)c(F)c(F)c(F)c3F)cc(C(=O)Nc3c(C)n(C)n(-c4ccccc4)c3=O)c2)c(=O)n(-c2ccccc2)n1C. The lowest BCUT2D eigenvalue weighted by molar-refractivity contribution is 0.102. The summed E-state index contributed by atoms with van der Waals surface area (Å²) in [5, 5.41) is 4.95. The van der Waals surface area contributed by atoms with Crippen molar-refractivity contribution < 1.29 is 36.3 Å². The van der Waals surface area contributed by atoms with Crippen LogP contribution >= 0.6 is 0 Å². The molecular formula is C36H27F5N6O5. The topological polar surface area (TPSA) is 121 Å². The largest absolute Gasteiger partial charge is 0.451 e. The second kappa shape index (κ2) is 13.5. The van der Waals surface area contributed by atoms with Crippen LogP contribution in [0.1, 0.15) is 32.1 Å². The van der Waals surface area contributed by atoms with E-state index in [-0.39, 0.29) is 11.4 Å². The molecule has 0 radical (unpaired) electrons. The lowest BCUT2D eigenvalue weighted by Gasteiger charge is -2.13. The number of amides is 2. The average Bonchev–Trinajstić information content (AvgIpc) is 3.49. The Morgan fingerprint density at radius 1 is 0.577 bits per heavy atom. The summed E-state index contributed by atoms with van der Waals surface area (Å²) in [5.41, 5.74) is -0.798. The summed E-state index contributed by atoms with van der Waals surface area (Å²) in [6.07, 6.45) is 0. The molecule has 6 aromatic rings. The van der Waals surface area contributed by atoms with Crippen molar-refractivity contribution in [3.8, 4) is 22.9 Å². The van der Waals surface area contributed by atoms with Gasteiger partial charge in [-0.1, -0.05) is 36.4 Å². The van der Waals surface area contributed by atoms with Crippen LogP contribution in [0.3, 0.4) is 0 Å². The molecule has 2 aromatic heterocycles. The highest BCUT2D eigenvalue weighted by Crippen LogP contribution is 2.34. The van der Waals surface area contributed by atoms with Gasteiger partial charge in [0.15, 0.2) is 0 Å². The molecule has 0 unspecified atom stereocenters. The number of hydrogen-bond acceptors (Lipinski definition) is 5. The minimum atomic E-state index is -2.42. The van der Waals surface area contributed by atoms with Crippen molar-refractivity contribution in [1.29, 1.82) is 0 Å². The number of hydrogen-bond donors (Lipinski definition) is 2. The Morgan fingerprint density at radius 3 is 1.33 bits per heavy atom. The second-order valence-electron chi connectivity index (χ2n) is 11.5. The minimum absolute atomic E-state index is 0.158. The van der Waals surface area contributed by atoms with E-state index in [0.29, 0.717) is 22.8 Å². The molecule has 2 heterocycles. The molecule has 0 aliphatic heterocycles. The van der Waals surface area contributed by atoms with Crippen LogP contribution in [0, 0.1) is 42.9 Å². The number of rotatable bonds is 8. The molecule has 0 spiro atoms. The first-order valence-corrected chi connectivity index (χ1v) is 15.4. The zero-order valence-corrected chi connectivity index (χ0v) is 27.7. The Hall–Kier alpha value is -6.71. The van der Waals surface area contributed by atoms with Crippen LogP contribution in [-0.4, -0.2) is 30.5 Å². The molecule has 266 valence electrons. The predicted octanol–water partition coefficient (Wildman–Crippen LogP) is 6.27. The van der Waals surface area contributed by atoms with Gasteiger partial charge < -0.3 is 15.4 Å². The van der Waals surface area contributed by atoms with E-state index in [1.807, 2.05) is 0 Å². The van der Waals surface area contributed by atoms with Crippen LogP contribution in [0.2, 0.25) is 0 Å². The Kier molecular flexibility index (Phi) is 9.15. The van der Waals surface area contributed by atoms with Crippen LogP contribution in [0.5, 0.6) is 11.5 Å². The highest BCUT2D eigenvalue weighted by Gasteiger charge is 2.29. The third kappa shape index (κ3) is 6.03. The molecule has 0 saturated heterocycles. The summed E-state index contributed by atoms with van der Waals surface area (Å²) in [6.45, 7) is 3.12. The van der Waals surface area contributed by atoms with Gasteiger partial charge in [0, 0.05) is 25.2 Å². The van der Waals surface area contributed by atoms with Crippen LogP contribution < -0.4 is 26.5 Å². The number of para-hydroxylation sites is 2. The zero-order valence-electron chi connectivity index (χ0n) is 27.7. The van der Waals surface area contributed by atoms with Crippen molar-refractivity contribution in [3.63, 3.8) is 0 Å². The quantitative estimate of drug-likeness (QED) is 0.109. The summed E-state index contributed by atoms with van der Waals surface area (Å²) in [4.78, 5) is 54.3. The first-order chi connectivity index (χ1) is 24.7. The van der Waals surface area contributed by atoms with Crippen molar-refractivity contribution in [3.05, 3.63) is 151 Å². The van der Waals surface area contributed by atoms with E-state index in [9.17, 15) is 41.1 Å². The first-order valence-electron chi connectivity index (χ1n) is 15.4. The summed E-state index contributed by atoms with van der Waals surface area (Å²) < 4.78 is 81.7. The minimum Gasteiger partial charge on any atom is -0.451 e. The standard InChI is InChI=1S/C36H27F5N6O5/c1-18-30(35(50)46(44(18)3)22-11-7-5-8-12-22)42-33(48)20-15-21(17-24(16-20)52-32-28(40)26(38)25(37)27(39)29(32)41)34(49)43-31-19(2)45(4)47(36(31)51)23-13-9-6-10-14-23/h5-17H,1-4H3,(H,42,48)(H,43,49). The number of aromatic nitrogens is 4. The van der Waals surface area contributed by atoms with Crippen molar-refractivity contribution in [2.45, 2.75) is 13.8 Å². The monoisotopic (exact) mass is 718 g/mol. The van der Waals surface area contributed by atoms with Gasteiger partial charge in [0.25, 0.3) is 22.9 Å². The van der Waals surface area contributed by atoms with E-state index in [1.54, 1.807) is 88.6 Å². The molecule has 0 atom stereocenters. The van der Waals surface area contributed by atoms with Crippen LogP contribution in [-0.2, 0) is 14.1 Å². The summed E-state index contributed by atoms with van der Waals surface area (Å²) >= 11 is 0. The van der Waals surface area contributed by atoms with Crippen LogP contribution in [0.25, 0.3) is 11.4 Å². The van der Waals surface area contributed by atoms with E-state index >= 15 is 0 Å². The summed E-state index contributed by atoms with van der Waals surface area (Å²) in [6, 6.07) is 19.8. The van der Waals surface area contributed by atoms with E-state index in [2.05, 4.69) is 10.6 Å². The molecule has 11 nitrogen and oxygen atoms in total. The lowest BCUT2D eigenvalue weighted by Crippen LogP contribution is -2.24. The number of ether oxygens (including phenoxy) is 1. The smallest absolute Gasteiger partial charge is 0.295 e. The molecule has 0 bridgehead atoms. The van der Waals surface area contributed by atoms with Gasteiger partial charge in [-0.2, -0.15) is 8.78 Å². The van der Waals surface area contributed by atoms with Crippen molar-refractivity contribution >= 4 is 23.2 Å². The van der Waals surface area contributed by atoms with Gasteiger partial charge >= 0.3 is 0 Å². The summed E-state index contributed by atoms with van der Waals surface area (Å²) in [7, 11) is 3.16. The molecular weight excluding hydrogens is 691 g/mol. The highest BCUT2D eigenvalue weighted by molar-refractivity contribution is 6.09. The van der Waals surface area contributed by atoms with Gasteiger partial charge in [0.1, 0.15) is 17.1 Å². The summed E-state index contributed by atoms with van der Waals surface area (Å²) in [5.74, 6) is -16.0. The molecule has 0 aliphatic rings. The molecule has 2 amide bonds. The highest BCUT2D eigenvalue weighted by atomic mass is 19.2. The number of nitrogens with one attached hydrogen (secondary N) is 2. The molecule has 6 rings (SSSR count). The third-order valence-corrected chi connectivity index (χ3v) is 8.41. The van der Waals surface area contributed by atoms with E-state index in [1.165, 1.54) is 18.7 Å². The fourth-order valence-electron chi connectivity index (χ4n) is 5.51. The number of carbonyl (C=O) groups excluding carboxylic acids is 2. The molecule has 4 aromatic carbocycles. The van der Waals surface area contributed by atoms with Crippen molar-refractivity contribution in [2.75, 3.05) is 10.6 Å². The van der Waals surface area contributed by atoms with Gasteiger partial charge in [-0.05, 0) is 56.3 Å². The van der Waals surface area contributed by atoms with Crippen molar-refractivity contribution in [1.82, 2.24) is 18.7 Å². The van der Waals surface area contributed by atoms with E-state index < -0.39 is 74.6 Å². The molecule has 0 aliphatic carbocycles. The Balaban J connectivity index is 1.42. The average molecular weight is 719 g/mol. The van der Waals surface area contributed by atoms with Crippen molar-refractivity contribution in [2.24, 2.45) is 14.1 Å². The normalized spacial score (nSPS) is 11.1. The fraction of sp³-hybridized carbons (Fsp3) is 0.111. The maximum absolute atomic E-state index is 14.6. The van der Waals surface area contributed by atoms with Crippen LogP contribution in [0.15, 0.2) is 88.5 Å². The maximum Gasteiger partial charge on any atom is 0.295 e. The third-order valence-electron chi connectivity index (χ3n) is 8.41. The maximum atomic E-state index is 14.6. The number of carbonyl (C=O) groups is 2. The number of halogens is 5. The Bertz CT molecular complexity index is 2360. The van der Waals surface area contributed by atoms with Gasteiger partial charge in [0.05, 0.1) is 22.8 Å². The lowest BCUT2D eigenvalue weighted by atomic mass is 10.1. The Morgan fingerprint density at radius 2 is 0.942 bits per heavy atom. The van der Waals surface area contributed by atoms with E-state index in [0.717, 1.165) is 18.2 Å². The molecule has 16 heteroatoms. The van der Waals surface area contributed by atoms with Crippen LogP contribution in [0.4, 0.5) is 33.3 Å². The van der Waals surface area contributed by atoms with Gasteiger partial charge in [-0.3, -0.25) is 28.5 Å². The Labute approximate surface area is 290 Å². The van der Waals surface area contributed by atoms with E-state index in [4.69, 9.17) is 4.74 Å². The number of anilines is 2.